The second-order valence-electron chi connectivity index (χ2n) is 7.17. The van der Waals surface area contributed by atoms with Crippen LogP contribution in [0.2, 0.25) is 0 Å². The highest BCUT2D eigenvalue weighted by Crippen LogP contribution is 2.39. The van der Waals surface area contributed by atoms with Crippen LogP contribution < -0.4 is 21.7 Å². The van der Waals surface area contributed by atoms with Crippen molar-refractivity contribution in [3.05, 3.63) is 42.4 Å². The summed E-state index contributed by atoms with van der Waals surface area (Å²) < 4.78 is 1.80. The van der Waals surface area contributed by atoms with Crippen molar-refractivity contribution in [1.29, 1.82) is 0 Å². The van der Waals surface area contributed by atoms with Crippen molar-refractivity contribution in [2.24, 2.45) is 0 Å². The first kappa shape index (κ1) is 21.1. The fourth-order valence-corrected chi connectivity index (χ4v) is 3.09. The van der Waals surface area contributed by atoms with Crippen LogP contribution in [0.3, 0.4) is 0 Å². The zero-order valence-corrected chi connectivity index (χ0v) is 17.9. The van der Waals surface area contributed by atoms with Crippen LogP contribution >= 0.6 is 0 Å². The molecule has 4 rings (SSSR count). The summed E-state index contributed by atoms with van der Waals surface area (Å²) >= 11 is 0. The van der Waals surface area contributed by atoms with Crippen molar-refractivity contribution in [3.63, 3.8) is 0 Å². The summed E-state index contributed by atoms with van der Waals surface area (Å²) in [5.74, 6) is 0.868. The van der Waals surface area contributed by atoms with Crippen molar-refractivity contribution in [2.45, 2.75) is 46.6 Å². The smallest absolute Gasteiger partial charge is 0.234 e. The number of nitrogen functional groups attached to an aromatic ring is 1. The van der Waals surface area contributed by atoms with Crippen LogP contribution in [-0.4, -0.2) is 25.7 Å². The maximum Gasteiger partial charge on any atom is 0.234 e. The molecule has 0 atom stereocenters. The lowest BCUT2D eigenvalue weighted by molar-refractivity contribution is -0.119. The second-order valence-corrected chi connectivity index (χ2v) is 7.17. The highest BCUT2D eigenvalue weighted by atomic mass is 16.2. The van der Waals surface area contributed by atoms with Crippen molar-refractivity contribution in [2.75, 3.05) is 21.7 Å². The Bertz CT molecular complexity index is 1060. The molecule has 0 saturated heterocycles. The molecule has 9 nitrogen and oxygen atoms in total. The van der Waals surface area contributed by atoms with Crippen LogP contribution in [0.15, 0.2) is 36.8 Å². The van der Waals surface area contributed by atoms with Gasteiger partial charge in [-0.2, -0.15) is 10.1 Å². The van der Waals surface area contributed by atoms with E-state index in [1.54, 1.807) is 17.1 Å². The lowest BCUT2D eigenvalue weighted by Gasteiger charge is -2.15. The van der Waals surface area contributed by atoms with Gasteiger partial charge in [0.2, 0.25) is 11.9 Å². The molecule has 0 aliphatic carbocycles. The van der Waals surface area contributed by atoms with Crippen molar-refractivity contribution < 1.29 is 4.79 Å². The SMILES string of the molecule is CC.CCn1cc(Nc2ncc(N)c(Nc3ccc4c(c3)NC(=O)C4(C)C)n2)cn1. The predicted octanol–water partition coefficient (Wildman–Crippen LogP) is 4.02. The third kappa shape index (κ3) is 4.05. The van der Waals surface area contributed by atoms with E-state index in [1.165, 1.54) is 0 Å². The number of aromatic nitrogens is 4. The molecule has 0 spiro atoms. The van der Waals surface area contributed by atoms with Crippen LogP contribution in [0.5, 0.6) is 0 Å². The van der Waals surface area contributed by atoms with Gasteiger partial charge in [-0.25, -0.2) is 4.98 Å². The standard InChI is InChI=1S/C19H22N8O.C2H6/c1-4-27-10-12(8-22-27)24-18-21-9-14(20)16(26-18)23-11-5-6-13-15(7-11)25-17(28)19(13,2)3;1-2/h5-10H,4,20H2,1-3H3,(H,25,28)(H2,21,23,24,26);1-2H3. The van der Waals surface area contributed by atoms with Crippen LogP contribution in [-0.2, 0) is 16.8 Å². The van der Waals surface area contributed by atoms with E-state index in [4.69, 9.17) is 5.73 Å². The number of hydrogen-bond acceptors (Lipinski definition) is 7. The number of rotatable bonds is 5. The molecule has 5 N–H and O–H groups in total. The maximum absolute atomic E-state index is 12.1. The molecule has 1 aliphatic heterocycles. The van der Waals surface area contributed by atoms with Gasteiger partial charge in [-0.3, -0.25) is 9.48 Å². The Balaban J connectivity index is 0.00000124. The molecule has 158 valence electrons. The first-order chi connectivity index (χ1) is 14.4. The Morgan fingerprint density at radius 1 is 1.17 bits per heavy atom. The number of nitrogens with one attached hydrogen (secondary N) is 3. The van der Waals surface area contributed by atoms with Gasteiger partial charge in [0.05, 0.1) is 29.2 Å². The molecular formula is C21H28N8O. The molecule has 30 heavy (non-hydrogen) atoms. The third-order valence-electron chi connectivity index (χ3n) is 4.80. The van der Waals surface area contributed by atoms with Crippen molar-refractivity contribution in [3.8, 4) is 0 Å². The molecule has 0 radical (unpaired) electrons. The van der Waals surface area contributed by atoms with Crippen LogP contribution in [0.25, 0.3) is 0 Å². The minimum absolute atomic E-state index is 0.0136. The van der Waals surface area contributed by atoms with Gasteiger partial charge >= 0.3 is 0 Å². The highest BCUT2D eigenvalue weighted by Gasteiger charge is 2.38. The van der Waals surface area contributed by atoms with Gasteiger partial charge in [0.25, 0.3) is 0 Å². The maximum atomic E-state index is 12.1. The number of aryl methyl sites for hydroxylation is 1. The average molecular weight is 409 g/mol. The topological polar surface area (TPSA) is 123 Å². The molecule has 2 aromatic heterocycles. The number of carbonyl (C=O) groups is 1. The summed E-state index contributed by atoms with van der Waals surface area (Å²) in [6.07, 6.45) is 5.12. The molecule has 9 heteroatoms. The number of amides is 1. The molecule has 1 aromatic carbocycles. The van der Waals surface area contributed by atoms with E-state index in [-0.39, 0.29) is 5.91 Å². The van der Waals surface area contributed by atoms with Crippen molar-refractivity contribution in [1.82, 2.24) is 19.7 Å². The van der Waals surface area contributed by atoms with E-state index >= 15 is 0 Å². The van der Waals surface area contributed by atoms with Crippen LogP contribution in [0.1, 0.15) is 40.2 Å². The molecule has 1 aliphatic rings. The van der Waals surface area contributed by atoms with Gasteiger partial charge in [-0.15, -0.1) is 0 Å². The van der Waals surface area contributed by atoms with Gasteiger partial charge in [-0.1, -0.05) is 19.9 Å². The number of nitrogens with zero attached hydrogens (tertiary/aromatic N) is 4. The molecular weight excluding hydrogens is 380 g/mol. The van der Waals surface area contributed by atoms with E-state index in [1.807, 2.05) is 59.0 Å². The van der Waals surface area contributed by atoms with E-state index in [0.717, 1.165) is 29.2 Å². The molecule has 0 unspecified atom stereocenters. The minimum Gasteiger partial charge on any atom is -0.394 e. The zero-order chi connectivity index (χ0) is 21.9. The number of fused-ring (bicyclic) bond motifs is 1. The monoisotopic (exact) mass is 408 g/mol. The number of carbonyl (C=O) groups excluding carboxylic acids is 1. The normalized spacial score (nSPS) is 13.7. The minimum atomic E-state index is -0.540. The van der Waals surface area contributed by atoms with Crippen LogP contribution in [0.4, 0.5) is 34.5 Å². The third-order valence-corrected chi connectivity index (χ3v) is 4.80. The molecule has 1 amide bonds. The van der Waals surface area contributed by atoms with Crippen molar-refractivity contribution >= 4 is 40.4 Å². The molecule has 0 fully saturated rings. The lowest BCUT2D eigenvalue weighted by Crippen LogP contribution is -2.26. The second kappa shape index (κ2) is 8.40. The number of nitrogens with two attached hydrogens (primary N) is 1. The van der Waals surface area contributed by atoms with E-state index in [2.05, 4.69) is 31.0 Å². The van der Waals surface area contributed by atoms with Crippen LogP contribution in [0, 0.1) is 0 Å². The molecule has 3 aromatic rings. The Hall–Kier alpha value is -3.62. The highest BCUT2D eigenvalue weighted by molar-refractivity contribution is 6.06. The number of anilines is 6. The van der Waals surface area contributed by atoms with E-state index in [0.29, 0.717) is 17.5 Å². The molecule has 0 bridgehead atoms. The largest absolute Gasteiger partial charge is 0.394 e. The number of hydrogen-bond donors (Lipinski definition) is 4. The Morgan fingerprint density at radius 2 is 1.93 bits per heavy atom. The van der Waals surface area contributed by atoms with Gasteiger partial charge in [0.1, 0.15) is 0 Å². The fourth-order valence-electron chi connectivity index (χ4n) is 3.09. The summed E-state index contributed by atoms with van der Waals surface area (Å²) in [6.45, 7) is 10.6. The van der Waals surface area contributed by atoms with E-state index in [9.17, 15) is 4.79 Å². The average Bonchev–Trinajstić information content (AvgIpc) is 3.28. The first-order valence-corrected chi connectivity index (χ1v) is 10.0. The van der Waals surface area contributed by atoms with Gasteiger partial charge in [0.15, 0.2) is 5.82 Å². The Morgan fingerprint density at radius 3 is 2.63 bits per heavy atom. The summed E-state index contributed by atoms with van der Waals surface area (Å²) in [5, 5.41) is 13.4. The van der Waals surface area contributed by atoms with Gasteiger partial charge in [-0.05, 0) is 38.5 Å². The Kier molecular flexibility index (Phi) is 5.91. The lowest BCUT2D eigenvalue weighted by atomic mass is 9.86. The first-order valence-electron chi connectivity index (χ1n) is 10.0. The molecule has 0 saturated carbocycles. The van der Waals surface area contributed by atoms with E-state index < -0.39 is 5.41 Å². The molecule has 3 heterocycles. The summed E-state index contributed by atoms with van der Waals surface area (Å²) in [4.78, 5) is 20.8. The summed E-state index contributed by atoms with van der Waals surface area (Å²) in [7, 11) is 0. The van der Waals surface area contributed by atoms with Gasteiger partial charge < -0.3 is 21.7 Å². The quantitative estimate of drug-likeness (QED) is 0.503. The predicted molar refractivity (Wildman–Crippen MR) is 120 cm³/mol. The zero-order valence-electron chi connectivity index (χ0n) is 17.9. The fraction of sp³-hybridized carbons (Fsp3) is 0.333. The summed E-state index contributed by atoms with van der Waals surface area (Å²) in [5.41, 5.74) is 9.23. The summed E-state index contributed by atoms with van der Waals surface area (Å²) in [6, 6.07) is 5.72. The Labute approximate surface area is 176 Å². The number of benzene rings is 1. The van der Waals surface area contributed by atoms with Gasteiger partial charge in [0, 0.05) is 24.1 Å².